The minimum Gasteiger partial charge on any atom is -0.368 e. The van der Waals surface area contributed by atoms with E-state index in [-0.39, 0.29) is 0 Å². The quantitative estimate of drug-likeness (QED) is 0.585. The fraction of sp³-hybridized carbons (Fsp3) is 0.400. The van der Waals surface area contributed by atoms with Gasteiger partial charge in [0.1, 0.15) is 0 Å². The molecular weight excluding hydrogens is 118 g/mol. The van der Waals surface area contributed by atoms with Gasteiger partial charge in [0, 0.05) is 12.6 Å². The molecule has 0 unspecified atom stereocenters. The van der Waals surface area contributed by atoms with Crippen LogP contribution < -0.4 is 11.1 Å². The predicted molar refractivity (Wildman–Crippen MR) is 33.7 cm³/mol. The number of nitrogens with two attached hydrogens (primary N) is 1. The van der Waals surface area contributed by atoms with Crippen LogP contribution in [-0.4, -0.2) is 12.2 Å². The summed E-state index contributed by atoms with van der Waals surface area (Å²) in [5.74, 6) is 0.361. The summed E-state index contributed by atoms with van der Waals surface area (Å²) < 4.78 is 4.60. The average molecular weight is 127 g/mol. The van der Waals surface area contributed by atoms with Crippen LogP contribution in [0.25, 0.3) is 0 Å². The number of nitrogens with zero attached hydrogens (tertiary/aromatic N) is 1. The van der Waals surface area contributed by atoms with Crippen molar-refractivity contribution in [1.82, 2.24) is 10.5 Å². The van der Waals surface area contributed by atoms with E-state index >= 15 is 0 Å². The maximum absolute atomic E-state index is 5.25. The molecule has 0 spiro atoms. The van der Waals surface area contributed by atoms with Crippen LogP contribution in [0, 0.1) is 0 Å². The van der Waals surface area contributed by atoms with Crippen LogP contribution in [0.5, 0.6) is 0 Å². The van der Waals surface area contributed by atoms with E-state index in [1.807, 2.05) is 7.05 Å². The first kappa shape index (κ1) is 6.10. The molecular formula is C5H9N3O. The van der Waals surface area contributed by atoms with Gasteiger partial charge < -0.3 is 15.6 Å². The summed E-state index contributed by atoms with van der Waals surface area (Å²) in [4.78, 5) is 0. The van der Waals surface area contributed by atoms with Crippen molar-refractivity contribution < 1.29 is 4.52 Å². The van der Waals surface area contributed by atoms with E-state index in [9.17, 15) is 0 Å². The minimum absolute atomic E-state index is 0.361. The lowest BCUT2D eigenvalue weighted by molar-refractivity contribution is 0.425. The second-order valence-electron chi connectivity index (χ2n) is 1.75. The Morgan fingerprint density at radius 2 is 2.67 bits per heavy atom. The van der Waals surface area contributed by atoms with Gasteiger partial charge in [-0.25, -0.2) is 0 Å². The van der Waals surface area contributed by atoms with Crippen LogP contribution in [0.2, 0.25) is 0 Å². The third kappa shape index (κ3) is 1.43. The number of nitrogens with one attached hydrogen (secondary N) is 1. The van der Waals surface area contributed by atoms with E-state index in [1.54, 1.807) is 6.07 Å². The molecule has 9 heavy (non-hydrogen) atoms. The fourth-order valence-corrected chi connectivity index (χ4v) is 0.593. The molecule has 0 fully saturated rings. The van der Waals surface area contributed by atoms with E-state index in [1.165, 1.54) is 0 Å². The van der Waals surface area contributed by atoms with Crippen LogP contribution in [0.15, 0.2) is 10.6 Å². The second-order valence-corrected chi connectivity index (χ2v) is 1.75. The Morgan fingerprint density at radius 1 is 1.89 bits per heavy atom. The summed E-state index contributed by atoms with van der Waals surface area (Å²) in [5, 5.41) is 6.56. The molecule has 0 atom stereocenters. The Kier molecular flexibility index (Phi) is 1.69. The van der Waals surface area contributed by atoms with E-state index in [4.69, 9.17) is 5.73 Å². The highest BCUT2D eigenvalue weighted by atomic mass is 16.5. The Hall–Kier alpha value is -1.03. The average Bonchev–Trinajstić information content (AvgIpc) is 2.17. The molecule has 0 bridgehead atoms. The summed E-state index contributed by atoms with van der Waals surface area (Å²) in [6, 6.07) is 1.69. The fourth-order valence-electron chi connectivity index (χ4n) is 0.593. The highest BCUT2D eigenvalue weighted by molar-refractivity contribution is 5.23. The molecule has 0 aliphatic rings. The van der Waals surface area contributed by atoms with E-state index in [2.05, 4.69) is 15.0 Å². The van der Waals surface area contributed by atoms with Gasteiger partial charge in [-0.05, 0) is 7.05 Å². The van der Waals surface area contributed by atoms with Crippen molar-refractivity contribution in [3.8, 4) is 0 Å². The molecule has 0 saturated carbocycles. The highest BCUT2D eigenvalue weighted by Crippen LogP contribution is 2.02. The Morgan fingerprint density at radius 3 is 3.11 bits per heavy atom. The van der Waals surface area contributed by atoms with Gasteiger partial charge in [-0.3, -0.25) is 0 Å². The maximum Gasteiger partial charge on any atom is 0.222 e. The third-order valence-corrected chi connectivity index (χ3v) is 0.935. The topological polar surface area (TPSA) is 64.1 Å². The van der Waals surface area contributed by atoms with Gasteiger partial charge in [-0.1, -0.05) is 5.16 Å². The molecule has 4 nitrogen and oxygen atoms in total. The largest absolute Gasteiger partial charge is 0.368 e. The summed E-state index contributed by atoms with van der Waals surface area (Å²) in [5.41, 5.74) is 6.08. The molecule has 1 aromatic rings. The van der Waals surface area contributed by atoms with Gasteiger partial charge in [0.15, 0.2) is 0 Å². The Labute approximate surface area is 53.0 Å². The number of hydrogen-bond donors (Lipinski definition) is 2. The molecule has 0 aliphatic carbocycles. The first-order valence-corrected chi connectivity index (χ1v) is 2.68. The van der Waals surface area contributed by atoms with Gasteiger partial charge in [0.2, 0.25) is 5.88 Å². The normalized spacial score (nSPS) is 9.89. The zero-order chi connectivity index (χ0) is 6.69. The molecule has 1 heterocycles. The number of anilines is 1. The van der Waals surface area contributed by atoms with Crippen molar-refractivity contribution in [1.29, 1.82) is 0 Å². The van der Waals surface area contributed by atoms with Crippen molar-refractivity contribution in [2.45, 2.75) is 6.54 Å². The Bertz CT molecular complexity index is 184. The molecule has 1 aromatic heterocycles. The molecule has 50 valence electrons. The van der Waals surface area contributed by atoms with Crippen LogP contribution >= 0.6 is 0 Å². The van der Waals surface area contributed by atoms with Crippen LogP contribution in [0.4, 0.5) is 5.88 Å². The Balaban J connectivity index is 2.61. The van der Waals surface area contributed by atoms with E-state index in [0.717, 1.165) is 5.69 Å². The lowest BCUT2D eigenvalue weighted by Gasteiger charge is -1.86. The molecule has 4 heteroatoms. The first-order valence-electron chi connectivity index (χ1n) is 2.68. The predicted octanol–water partition coefficient (Wildman–Crippen LogP) is -0.0238. The summed E-state index contributed by atoms with van der Waals surface area (Å²) in [7, 11) is 1.84. The third-order valence-electron chi connectivity index (χ3n) is 0.935. The zero-order valence-corrected chi connectivity index (χ0v) is 5.22. The number of aromatic nitrogens is 1. The molecule has 0 aliphatic heterocycles. The lowest BCUT2D eigenvalue weighted by atomic mass is 10.4. The monoisotopic (exact) mass is 127 g/mol. The molecule has 0 aromatic carbocycles. The van der Waals surface area contributed by atoms with Crippen molar-refractivity contribution in [2.24, 2.45) is 0 Å². The second kappa shape index (κ2) is 2.50. The van der Waals surface area contributed by atoms with Crippen molar-refractivity contribution in [3.05, 3.63) is 11.8 Å². The van der Waals surface area contributed by atoms with Gasteiger partial charge in [0.05, 0.1) is 5.69 Å². The lowest BCUT2D eigenvalue weighted by Crippen LogP contribution is -2.04. The molecule has 0 amide bonds. The number of hydrogen-bond acceptors (Lipinski definition) is 4. The van der Waals surface area contributed by atoms with Gasteiger partial charge in [-0.15, -0.1) is 0 Å². The number of nitrogen functional groups attached to an aromatic ring is 1. The maximum atomic E-state index is 5.25. The van der Waals surface area contributed by atoms with Gasteiger partial charge in [0.25, 0.3) is 0 Å². The summed E-state index contributed by atoms with van der Waals surface area (Å²) in [6.07, 6.45) is 0. The molecule has 1 rings (SSSR count). The van der Waals surface area contributed by atoms with Crippen LogP contribution in [0.1, 0.15) is 5.69 Å². The number of rotatable bonds is 2. The summed E-state index contributed by atoms with van der Waals surface area (Å²) >= 11 is 0. The first-order chi connectivity index (χ1) is 4.33. The van der Waals surface area contributed by atoms with Gasteiger partial charge >= 0.3 is 0 Å². The molecule has 0 saturated heterocycles. The zero-order valence-electron chi connectivity index (χ0n) is 5.22. The molecule has 0 radical (unpaired) electrons. The molecule has 3 N–H and O–H groups in total. The summed E-state index contributed by atoms with van der Waals surface area (Å²) in [6.45, 7) is 0.695. The van der Waals surface area contributed by atoms with Crippen LogP contribution in [-0.2, 0) is 6.54 Å². The smallest absolute Gasteiger partial charge is 0.222 e. The van der Waals surface area contributed by atoms with E-state index < -0.39 is 0 Å². The minimum atomic E-state index is 0.361. The van der Waals surface area contributed by atoms with Crippen LogP contribution in [0.3, 0.4) is 0 Å². The SMILES string of the molecule is CNCc1cc(N)on1. The van der Waals surface area contributed by atoms with Crippen molar-refractivity contribution in [2.75, 3.05) is 12.8 Å². The van der Waals surface area contributed by atoms with Crippen molar-refractivity contribution >= 4 is 5.88 Å². The standard InChI is InChI=1S/C5H9N3O/c1-7-3-4-2-5(6)9-8-4/h2,7H,3,6H2,1H3. The van der Waals surface area contributed by atoms with Gasteiger partial charge in [-0.2, -0.15) is 0 Å². The van der Waals surface area contributed by atoms with E-state index in [0.29, 0.717) is 12.4 Å². The van der Waals surface area contributed by atoms with Crippen molar-refractivity contribution in [3.63, 3.8) is 0 Å². The highest BCUT2D eigenvalue weighted by Gasteiger charge is 1.96.